The zero-order valence-corrected chi connectivity index (χ0v) is 11.7. The molecule has 21 heavy (non-hydrogen) atoms. The molecular formula is C14H12ClF3N2O. The lowest BCUT2D eigenvalue weighted by molar-refractivity contribution is -0.138. The molecule has 112 valence electrons. The van der Waals surface area contributed by atoms with Crippen molar-refractivity contribution in [1.29, 1.82) is 0 Å². The maximum Gasteiger partial charge on any atom is 0.416 e. The lowest BCUT2D eigenvalue weighted by atomic mass is 10.0. The number of nitrogens with zero attached hydrogens (tertiary/aromatic N) is 1. The van der Waals surface area contributed by atoms with Crippen LogP contribution in [0, 0.1) is 0 Å². The number of pyridine rings is 1. The van der Waals surface area contributed by atoms with Crippen LogP contribution < -0.4 is 10.5 Å². The van der Waals surface area contributed by atoms with Gasteiger partial charge in [-0.25, -0.2) is 4.98 Å². The van der Waals surface area contributed by atoms with E-state index < -0.39 is 17.8 Å². The van der Waals surface area contributed by atoms with Gasteiger partial charge in [-0.3, -0.25) is 0 Å². The molecule has 0 radical (unpaired) electrons. The summed E-state index contributed by atoms with van der Waals surface area (Å²) in [7, 11) is 0. The number of benzene rings is 1. The second-order valence-electron chi connectivity index (χ2n) is 4.38. The molecule has 0 saturated carbocycles. The smallest absolute Gasteiger partial charge is 0.416 e. The molecule has 2 aromatic rings. The molecule has 0 fully saturated rings. The highest BCUT2D eigenvalue weighted by Crippen LogP contribution is 2.37. The minimum atomic E-state index is -4.49. The summed E-state index contributed by atoms with van der Waals surface area (Å²) in [5.74, 6) is 0.332. The van der Waals surface area contributed by atoms with Crippen LogP contribution in [0.4, 0.5) is 19.0 Å². The fourth-order valence-electron chi connectivity index (χ4n) is 1.88. The van der Waals surface area contributed by atoms with Crippen LogP contribution in [0.3, 0.4) is 0 Å². The van der Waals surface area contributed by atoms with Gasteiger partial charge in [-0.15, -0.1) is 0 Å². The Bertz CT molecular complexity index is 646. The molecule has 7 heteroatoms. The minimum absolute atomic E-state index is 0.0572. The van der Waals surface area contributed by atoms with Gasteiger partial charge in [0, 0.05) is 16.8 Å². The average molecular weight is 317 g/mol. The first-order chi connectivity index (χ1) is 9.79. The number of ether oxygens (including phenoxy) is 1. The Hall–Kier alpha value is -1.95. The predicted octanol–water partition coefficient (Wildman–Crippen LogP) is 4.48. The van der Waals surface area contributed by atoms with Gasteiger partial charge in [0.2, 0.25) is 0 Å². The Labute approximate surface area is 124 Å². The molecule has 3 nitrogen and oxygen atoms in total. The highest BCUT2D eigenvalue weighted by atomic mass is 35.5. The maximum atomic E-state index is 13.0. The Balaban J connectivity index is 2.37. The van der Waals surface area contributed by atoms with Crippen LogP contribution in [-0.4, -0.2) is 4.98 Å². The number of alkyl halides is 3. The summed E-state index contributed by atoms with van der Waals surface area (Å²) in [6.45, 7) is 1.49. The van der Waals surface area contributed by atoms with Gasteiger partial charge in [-0.2, -0.15) is 13.2 Å². The number of nitrogen functional groups attached to an aromatic ring is 1. The van der Waals surface area contributed by atoms with E-state index in [0.717, 1.165) is 6.07 Å². The van der Waals surface area contributed by atoms with E-state index in [4.69, 9.17) is 22.1 Å². The van der Waals surface area contributed by atoms with E-state index in [1.165, 1.54) is 31.3 Å². The SMILES string of the molecule is C[C@H](Oc1cccnc1N)c1cc(Cl)ccc1C(F)(F)F. The van der Waals surface area contributed by atoms with Crippen molar-refractivity contribution in [3.63, 3.8) is 0 Å². The molecule has 0 unspecified atom stereocenters. The van der Waals surface area contributed by atoms with Gasteiger partial charge in [0.15, 0.2) is 11.6 Å². The maximum absolute atomic E-state index is 13.0. The van der Waals surface area contributed by atoms with Crippen molar-refractivity contribution in [1.82, 2.24) is 4.98 Å². The normalized spacial score (nSPS) is 13.0. The summed E-state index contributed by atoms with van der Waals surface area (Å²) >= 11 is 5.79. The van der Waals surface area contributed by atoms with Crippen LogP contribution in [0.5, 0.6) is 5.75 Å². The Kier molecular flexibility index (Phi) is 4.27. The van der Waals surface area contributed by atoms with E-state index in [-0.39, 0.29) is 22.2 Å². The molecule has 0 aliphatic heterocycles. The van der Waals surface area contributed by atoms with Crippen molar-refractivity contribution in [2.75, 3.05) is 5.73 Å². The number of nitrogens with two attached hydrogens (primary N) is 1. The topological polar surface area (TPSA) is 48.1 Å². The largest absolute Gasteiger partial charge is 0.482 e. The number of hydrogen-bond donors (Lipinski definition) is 1. The van der Waals surface area contributed by atoms with Gasteiger partial charge in [0.05, 0.1) is 5.56 Å². The van der Waals surface area contributed by atoms with Gasteiger partial charge in [-0.1, -0.05) is 11.6 Å². The van der Waals surface area contributed by atoms with Crippen LogP contribution in [0.1, 0.15) is 24.2 Å². The Morgan fingerprint density at radius 2 is 2.00 bits per heavy atom. The molecule has 2 N–H and O–H groups in total. The second-order valence-corrected chi connectivity index (χ2v) is 4.81. The van der Waals surface area contributed by atoms with E-state index in [9.17, 15) is 13.2 Å². The number of halogens is 4. The zero-order valence-electron chi connectivity index (χ0n) is 11.0. The first kappa shape index (κ1) is 15.4. The van der Waals surface area contributed by atoms with Crippen LogP contribution in [0.15, 0.2) is 36.5 Å². The standard InChI is InChI=1S/C14H12ClF3N2O/c1-8(21-12-3-2-6-20-13(12)19)10-7-9(15)4-5-11(10)14(16,17)18/h2-8H,1H3,(H2,19,20)/t8-/m0/s1. The van der Waals surface area contributed by atoms with Crippen molar-refractivity contribution in [3.8, 4) is 5.75 Å². The molecule has 1 aromatic carbocycles. The van der Waals surface area contributed by atoms with Crippen molar-refractivity contribution in [2.45, 2.75) is 19.2 Å². The molecule has 1 heterocycles. The van der Waals surface area contributed by atoms with Crippen molar-refractivity contribution < 1.29 is 17.9 Å². The number of rotatable bonds is 3. The first-order valence-corrected chi connectivity index (χ1v) is 6.40. The number of anilines is 1. The number of aromatic nitrogens is 1. The monoisotopic (exact) mass is 316 g/mol. The lowest BCUT2D eigenvalue weighted by Gasteiger charge is -2.20. The van der Waals surface area contributed by atoms with Crippen molar-refractivity contribution in [2.24, 2.45) is 0 Å². The summed E-state index contributed by atoms with van der Waals surface area (Å²) in [4.78, 5) is 3.82. The molecule has 0 aliphatic carbocycles. The third-order valence-electron chi connectivity index (χ3n) is 2.86. The summed E-state index contributed by atoms with van der Waals surface area (Å²) < 4.78 is 44.5. The highest BCUT2D eigenvalue weighted by Gasteiger charge is 2.35. The minimum Gasteiger partial charge on any atom is -0.482 e. The van der Waals surface area contributed by atoms with Gasteiger partial charge < -0.3 is 10.5 Å². The average Bonchev–Trinajstić information content (AvgIpc) is 2.40. The number of hydrogen-bond acceptors (Lipinski definition) is 3. The highest BCUT2D eigenvalue weighted by molar-refractivity contribution is 6.30. The van der Waals surface area contributed by atoms with E-state index >= 15 is 0 Å². The fourth-order valence-corrected chi connectivity index (χ4v) is 2.06. The molecule has 1 aromatic heterocycles. The van der Waals surface area contributed by atoms with Gasteiger partial charge in [0.1, 0.15) is 6.10 Å². The van der Waals surface area contributed by atoms with E-state index in [0.29, 0.717) is 0 Å². The van der Waals surface area contributed by atoms with Crippen LogP contribution in [0.25, 0.3) is 0 Å². The molecule has 2 rings (SSSR count). The van der Waals surface area contributed by atoms with Crippen molar-refractivity contribution in [3.05, 3.63) is 52.7 Å². The Morgan fingerprint density at radius 3 is 2.62 bits per heavy atom. The van der Waals surface area contributed by atoms with Crippen LogP contribution in [0.2, 0.25) is 5.02 Å². The van der Waals surface area contributed by atoms with Crippen LogP contribution in [-0.2, 0) is 6.18 Å². The third kappa shape index (κ3) is 3.58. The van der Waals surface area contributed by atoms with E-state index in [1.54, 1.807) is 6.07 Å². The van der Waals surface area contributed by atoms with Crippen LogP contribution >= 0.6 is 11.6 Å². The van der Waals surface area contributed by atoms with Crippen molar-refractivity contribution >= 4 is 17.4 Å². The lowest BCUT2D eigenvalue weighted by Crippen LogP contribution is -2.14. The third-order valence-corrected chi connectivity index (χ3v) is 3.10. The van der Waals surface area contributed by atoms with E-state index in [1.807, 2.05) is 0 Å². The fraction of sp³-hybridized carbons (Fsp3) is 0.214. The molecule has 0 spiro atoms. The summed E-state index contributed by atoms with van der Waals surface area (Å²) in [5.41, 5.74) is 4.77. The predicted molar refractivity (Wildman–Crippen MR) is 74.1 cm³/mol. The zero-order chi connectivity index (χ0) is 15.6. The molecular weight excluding hydrogens is 305 g/mol. The molecule has 1 atom stereocenters. The summed E-state index contributed by atoms with van der Waals surface area (Å²) in [5, 5.41) is 0.201. The van der Waals surface area contributed by atoms with Gasteiger partial charge in [-0.05, 0) is 37.3 Å². The van der Waals surface area contributed by atoms with E-state index in [2.05, 4.69) is 4.98 Å². The van der Waals surface area contributed by atoms with Gasteiger partial charge in [0.25, 0.3) is 0 Å². The first-order valence-electron chi connectivity index (χ1n) is 6.03. The van der Waals surface area contributed by atoms with Gasteiger partial charge >= 0.3 is 6.18 Å². The molecule has 0 saturated heterocycles. The Morgan fingerprint density at radius 1 is 1.29 bits per heavy atom. The summed E-state index contributed by atoms with van der Waals surface area (Å²) in [6, 6.07) is 6.49. The molecule has 0 amide bonds. The molecule has 0 bridgehead atoms. The summed E-state index contributed by atoms with van der Waals surface area (Å²) in [6.07, 6.45) is -3.90. The second kappa shape index (κ2) is 5.81. The molecule has 0 aliphatic rings. The quantitative estimate of drug-likeness (QED) is 0.908.